The van der Waals surface area contributed by atoms with E-state index in [1.165, 1.54) is 12.1 Å². The standard InChI is InChI=1S/C18H25FN2OS/c1-5-22-13(4)18-21-16(11-23-18)10-20-17(12(2)3)14-6-8-15(19)9-7-14/h6-9,11-13,17,20H,5,10H2,1-4H3/t13-,17+/m1/s1. The lowest BCUT2D eigenvalue weighted by atomic mass is 9.96. The Labute approximate surface area is 141 Å². The van der Waals surface area contributed by atoms with Crippen LogP contribution in [0.1, 0.15) is 56.1 Å². The van der Waals surface area contributed by atoms with Gasteiger partial charge in [0.25, 0.3) is 0 Å². The van der Waals surface area contributed by atoms with Gasteiger partial charge >= 0.3 is 0 Å². The second-order valence-electron chi connectivity index (χ2n) is 5.93. The lowest BCUT2D eigenvalue weighted by Gasteiger charge is -2.22. The fourth-order valence-electron chi connectivity index (χ4n) is 2.53. The van der Waals surface area contributed by atoms with Gasteiger partial charge in [0.15, 0.2) is 0 Å². The van der Waals surface area contributed by atoms with E-state index in [0.717, 1.165) is 16.3 Å². The molecule has 0 aliphatic heterocycles. The Bertz CT molecular complexity index is 597. The third-order valence-corrected chi connectivity index (χ3v) is 4.79. The quantitative estimate of drug-likeness (QED) is 0.747. The Morgan fingerprint density at radius 3 is 2.52 bits per heavy atom. The Hall–Kier alpha value is -1.30. The van der Waals surface area contributed by atoms with E-state index in [2.05, 4.69) is 29.5 Å². The summed E-state index contributed by atoms with van der Waals surface area (Å²) in [7, 11) is 0. The number of hydrogen-bond donors (Lipinski definition) is 1. The fourth-order valence-corrected chi connectivity index (χ4v) is 3.36. The number of hydrogen-bond acceptors (Lipinski definition) is 4. The predicted molar refractivity (Wildman–Crippen MR) is 93.0 cm³/mol. The highest BCUT2D eigenvalue weighted by molar-refractivity contribution is 7.09. The molecular weight excluding hydrogens is 311 g/mol. The molecule has 1 N–H and O–H groups in total. The van der Waals surface area contributed by atoms with Crippen LogP contribution in [-0.4, -0.2) is 11.6 Å². The smallest absolute Gasteiger partial charge is 0.123 e. The van der Waals surface area contributed by atoms with Crippen molar-refractivity contribution in [3.05, 3.63) is 51.7 Å². The molecule has 0 bridgehead atoms. The van der Waals surface area contributed by atoms with Crippen LogP contribution in [0.5, 0.6) is 0 Å². The molecule has 0 unspecified atom stereocenters. The van der Waals surface area contributed by atoms with Crippen molar-refractivity contribution in [1.29, 1.82) is 0 Å². The van der Waals surface area contributed by atoms with Crippen molar-refractivity contribution in [2.45, 2.75) is 46.4 Å². The number of benzene rings is 1. The van der Waals surface area contributed by atoms with Crippen LogP contribution in [0.3, 0.4) is 0 Å². The topological polar surface area (TPSA) is 34.1 Å². The van der Waals surface area contributed by atoms with E-state index >= 15 is 0 Å². The number of halogens is 1. The van der Waals surface area contributed by atoms with Gasteiger partial charge in [0, 0.05) is 24.6 Å². The van der Waals surface area contributed by atoms with Gasteiger partial charge in [0.05, 0.1) is 5.69 Å². The second kappa shape index (κ2) is 8.52. The average molecular weight is 336 g/mol. The van der Waals surface area contributed by atoms with Crippen molar-refractivity contribution < 1.29 is 9.13 Å². The monoisotopic (exact) mass is 336 g/mol. The SMILES string of the molecule is CCO[C@H](C)c1nc(CN[C@H](c2ccc(F)cc2)C(C)C)cs1. The van der Waals surface area contributed by atoms with Crippen LogP contribution in [-0.2, 0) is 11.3 Å². The Morgan fingerprint density at radius 1 is 1.22 bits per heavy atom. The summed E-state index contributed by atoms with van der Waals surface area (Å²) < 4.78 is 18.7. The Kier molecular flexibility index (Phi) is 6.69. The maximum Gasteiger partial charge on any atom is 0.123 e. The minimum Gasteiger partial charge on any atom is -0.372 e. The maximum atomic E-state index is 13.1. The highest BCUT2D eigenvalue weighted by atomic mass is 32.1. The van der Waals surface area contributed by atoms with Gasteiger partial charge in [-0.3, -0.25) is 0 Å². The highest BCUT2D eigenvalue weighted by Gasteiger charge is 2.16. The normalized spacial score (nSPS) is 14.2. The fraction of sp³-hybridized carbons (Fsp3) is 0.500. The van der Waals surface area contributed by atoms with Crippen molar-refractivity contribution in [2.24, 2.45) is 5.92 Å². The molecule has 0 saturated heterocycles. The van der Waals surface area contributed by atoms with E-state index in [1.54, 1.807) is 11.3 Å². The molecule has 1 aromatic carbocycles. The van der Waals surface area contributed by atoms with Gasteiger partial charge in [-0.15, -0.1) is 11.3 Å². The molecule has 2 aromatic rings. The molecule has 2 rings (SSSR count). The largest absolute Gasteiger partial charge is 0.372 e. The van der Waals surface area contributed by atoms with E-state index in [-0.39, 0.29) is 18.0 Å². The summed E-state index contributed by atoms with van der Waals surface area (Å²) >= 11 is 1.63. The van der Waals surface area contributed by atoms with Gasteiger partial charge in [-0.2, -0.15) is 0 Å². The molecule has 0 spiro atoms. The lowest BCUT2D eigenvalue weighted by Crippen LogP contribution is -2.25. The number of nitrogens with one attached hydrogen (secondary N) is 1. The molecule has 2 atom stereocenters. The molecular formula is C18H25FN2OS. The van der Waals surface area contributed by atoms with Crippen molar-refractivity contribution in [3.8, 4) is 0 Å². The first kappa shape index (κ1) is 18.0. The number of rotatable bonds is 8. The summed E-state index contributed by atoms with van der Waals surface area (Å²) in [4.78, 5) is 4.64. The van der Waals surface area contributed by atoms with E-state index < -0.39 is 0 Å². The molecule has 1 heterocycles. The van der Waals surface area contributed by atoms with Crippen molar-refractivity contribution >= 4 is 11.3 Å². The number of aromatic nitrogens is 1. The first-order chi connectivity index (χ1) is 11.0. The van der Waals surface area contributed by atoms with Crippen molar-refractivity contribution in [2.75, 3.05) is 6.61 Å². The van der Waals surface area contributed by atoms with Crippen molar-refractivity contribution in [3.63, 3.8) is 0 Å². The summed E-state index contributed by atoms with van der Waals surface area (Å²) in [5.74, 6) is 0.200. The number of thiazole rings is 1. The second-order valence-corrected chi connectivity index (χ2v) is 6.82. The lowest BCUT2D eigenvalue weighted by molar-refractivity contribution is 0.0761. The molecule has 126 valence electrons. The molecule has 0 saturated carbocycles. The van der Waals surface area contributed by atoms with E-state index in [9.17, 15) is 4.39 Å². The van der Waals surface area contributed by atoms with E-state index in [0.29, 0.717) is 19.1 Å². The van der Waals surface area contributed by atoms with E-state index in [1.807, 2.05) is 26.0 Å². The molecule has 0 radical (unpaired) electrons. The zero-order valence-electron chi connectivity index (χ0n) is 14.2. The summed E-state index contributed by atoms with van der Waals surface area (Å²) in [6.45, 7) is 9.71. The first-order valence-electron chi connectivity index (χ1n) is 8.06. The van der Waals surface area contributed by atoms with Crippen LogP contribution in [0, 0.1) is 11.7 Å². The average Bonchev–Trinajstić information content (AvgIpc) is 2.98. The summed E-state index contributed by atoms with van der Waals surface area (Å²) in [5, 5.41) is 6.61. The van der Waals surface area contributed by atoms with Crippen LogP contribution in [0.15, 0.2) is 29.6 Å². The summed E-state index contributed by atoms with van der Waals surface area (Å²) in [5.41, 5.74) is 2.11. The molecule has 0 fully saturated rings. The van der Waals surface area contributed by atoms with Gasteiger partial charge in [0.2, 0.25) is 0 Å². The molecule has 0 aliphatic rings. The Morgan fingerprint density at radius 2 is 1.91 bits per heavy atom. The molecule has 0 amide bonds. The number of nitrogens with zero attached hydrogens (tertiary/aromatic N) is 1. The zero-order chi connectivity index (χ0) is 16.8. The molecule has 23 heavy (non-hydrogen) atoms. The van der Waals surface area contributed by atoms with Crippen LogP contribution >= 0.6 is 11.3 Å². The van der Waals surface area contributed by atoms with Crippen LogP contribution in [0.2, 0.25) is 0 Å². The van der Waals surface area contributed by atoms with Gasteiger partial charge in [0.1, 0.15) is 16.9 Å². The van der Waals surface area contributed by atoms with Gasteiger partial charge < -0.3 is 10.1 Å². The molecule has 3 nitrogen and oxygen atoms in total. The van der Waals surface area contributed by atoms with Crippen LogP contribution in [0.4, 0.5) is 4.39 Å². The Balaban J connectivity index is 2.00. The molecule has 5 heteroatoms. The van der Waals surface area contributed by atoms with E-state index in [4.69, 9.17) is 4.74 Å². The van der Waals surface area contributed by atoms with Crippen LogP contribution in [0.25, 0.3) is 0 Å². The minimum atomic E-state index is -0.203. The minimum absolute atomic E-state index is 0.0387. The van der Waals surface area contributed by atoms with Gasteiger partial charge in [-0.1, -0.05) is 26.0 Å². The summed E-state index contributed by atoms with van der Waals surface area (Å²) in [6.07, 6.45) is 0.0387. The maximum absolute atomic E-state index is 13.1. The highest BCUT2D eigenvalue weighted by Crippen LogP contribution is 2.24. The van der Waals surface area contributed by atoms with Gasteiger partial charge in [-0.05, 0) is 37.5 Å². The zero-order valence-corrected chi connectivity index (χ0v) is 15.0. The third kappa shape index (κ3) is 5.09. The van der Waals surface area contributed by atoms with Crippen molar-refractivity contribution in [1.82, 2.24) is 10.3 Å². The molecule has 0 aliphatic carbocycles. The third-order valence-electron chi connectivity index (χ3n) is 3.73. The van der Waals surface area contributed by atoms with Crippen LogP contribution < -0.4 is 5.32 Å². The summed E-state index contributed by atoms with van der Waals surface area (Å²) in [6, 6.07) is 6.88. The predicted octanol–water partition coefficient (Wildman–Crippen LogP) is 4.87. The number of ether oxygens (including phenoxy) is 1. The van der Waals surface area contributed by atoms with Gasteiger partial charge in [-0.25, -0.2) is 9.37 Å². The molecule has 1 aromatic heterocycles. The first-order valence-corrected chi connectivity index (χ1v) is 8.94.